The number of aliphatic imine (C=N–C) groups is 1. The van der Waals surface area contributed by atoms with Crippen LogP contribution < -0.4 is 16.2 Å². The van der Waals surface area contributed by atoms with E-state index in [4.69, 9.17) is 16.2 Å². The van der Waals surface area contributed by atoms with Crippen molar-refractivity contribution >= 4 is 23.5 Å². The molecule has 0 saturated carbocycles. The Balaban J connectivity index is 1.29. The van der Waals surface area contributed by atoms with Gasteiger partial charge < -0.3 is 21.1 Å². The predicted molar refractivity (Wildman–Crippen MR) is 131 cm³/mol. The molecule has 0 atom stereocenters. The summed E-state index contributed by atoms with van der Waals surface area (Å²) in [5.41, 5.74) is 13.4. The Bertz CT molecular complexity index is 1150. The molecule has 0 spiro atoms. The highest BCUT2D eigenvalue weighted by molar-refractivity contribution is 5.95. The second kappa shape index (κ2) is 10.6. The standard InChI is InChI=1S/C26H27N5O3/c27-26(28)29-22-10-6-21(7-11-22)25(33)34-23-12-8-20(9-13-23)24(32)31-16-14-30(15-17-31)18-19-4-2-1-3-5-19/h1-13H,14-18H2,(H4,27,28,29). The molecule has 4 rings (SSSR count). The predicted octanol–water partition coefficient (Wildman–Crippen LogP) is 2.77. The lowest BCUT2D eigenvalue weighted by atomic mass is 10.1. The highest BCUT2D eigenvalue weighted by Crippen LogP contribution is 2.18. The van der Waals surface area contributed by atoms with Crippen molar-refractivity contribution in [3.05, 3.63) is 95.6 Å². The maximum Gasteiger partial charge on any atom is 0.343 e. The van der Waals surface area contributed by atoms with Crippen LogP contribution in [-0.2, 0) is 6.54 Å². The normalized spacial score (nSPS) is 13.8. The van der Waals surface area contributed by atoms with Crippen molar-refractivity contribution in [2.45, 2.75) is 6.54 Å². The van der Waals surface area contributed by atoms with Crippen LogP contribution in [0.15, 0.2) is 83.9 Å². The first-order valence-corrected chi connectivity index (χ1v) is 11.1. The number of guanidine groups is 1. The molecule has 0 radical (unpaired) electrons. The minimum Gasteiger partial charge on any atom is -0.423 e. The van der Waals surface area contributed by atoms with Gasteiger partial charge in [-0.2, -0.15) is 0 Å². The van der Waals surface area contributed by atoms with E-state index in [9.17, 15) is 9.59 Å². The highest BCUT2D eigenvalue weighted by atomic mass is 16.5. The topological polar surface area (TPSA) is 114 Å². The van der Waals surface area contributed by atoms with Crippen LogP contribution >= 0.6 is 0 Å². The Kier molecular flexibility index (Phi) is 7.19. The van der Waals surface area contributed by atoms with Gasteiger partial charge >= 0.3 is 5.97 Å². The molecule has 0 unspecified atom stereocenters. The van der Waals surface area contributed by atoms with Crippen molar-refractivity contribution in [2.75, 3.05) is 26.2 Å². The summed E-state index contributed by atoms with van der Waals surface area (Å²) in [6.45, 7) is 3.91. The van der Waals surface area contributed by atoms with Gasteiger partial charge in [0.25, 0.3) is 5.91 Å². The van der Waals surface area contributed by atoms with Gasteiger partial charge in [0.15, 0.2) is 5.96 Å². The highest BCUT2D eigenvalue weighted by Gasteiger charge is 2.22. The molecule has 8 heteroatoms. The average Bonchev–Trinajstić information content (AvgIpc) is 2.85. The molecule has 34 heavy (non-hydrogen) atoms. The smallest absolute Gasteiger partial charge is 0.343 e. The number of piperazine rings is 1. The van der Waals surface area contributed by atoms with Crippen LogP contribution in [-0.4, -0.2) is 53.8 Å². The largest absolute Gasteiger partial charge is 0.423 e. The van der Waals surface area contributed by atoms with Crippen LogP contribution in [0.4, 0.5) is 5.69 Å². The van der Waals surface area contributed by atoms with Crippen molar-refractivity contribution in [2.24, 2.45) is 16.5 Å². The quantitative estimate of drug-likeness (QED) is 0.255. The van der Waals surface area contributed by atoms with Crippen molar-refractivity contribution in [3.8, 4) is 5.75 Å². The average molecular weight is 458 g/mol. The molecule has 1 amide bonds. The van der Waals surface area contributed by atoms with Crippen LogP contribution in [0.3, 0.4) is 0 Å². The minimum absolute atomic E-state index is 0.0208. The number of rotatable bonds is 6. The lowest BCUT2D eigenvalue weighted by molar-refractivity contribution is 0.0628. The molecule has 1 heterocycles. The molecule has 0 bridgehead atoms. The molecule has 8 nitrogen and oxygen atoms in total. The van der Waals surface area contributed by atoms with Crippen LogP contribution in [0.2, 0.25) is 0 Å². The fourth-order valence-electron chi connectivity index (χ4n) is 3.79. The van der Waals surface area contributed by atoms with Crippen molar-refractivity contribution in [1.29, 1.82) is 0 Å². The first-order chi connectivity index (χ1) is 16.5. The zero-order valence-electron chi connectivity index (χ0n) is 18.8. The van der Waals surface area contributed by atoms with E-state index in [1.807, 2.05) is 23.1 Å². The lowest BCUT2D eigenvalue weighted by Crippen LogP contribution is -2.48. The number of hydrogen-bond donors (Lipinski definition) is 2. The molecule has 3 aromatic rings. The Labute approximate surface area is 198 Å². The summed E-state index contributed by atoms with van der Waals surface area (Å²) in [7, 11) is 0. The van der Waals surface area contributed by atoms with Crippen LogP contribution in [0.1, 0.15) is 26.3 Å². The van der Waals surface area contributed by atoms with E-state index < -0.39 is 5.97 Å². The third-order valence-electron chi connectivity index (χ3n) is 5.58. The monoisotopic (exact) mass is 457 g/mol. The zero-order chi connectivity index (χ0) is 23.9. The third kappa shape index (κ3) is 5.99. The van der Waals surface area contributed by atoms with Crippen molar-refractivity contribution in [1.82, 2.24) is 9.80 Å². The summed E-state index contributed by atoms with van der Waals surface area (Å²) < 4.78 is 5.42. The molecular weight excluding hydrogens is 430 g/mol. The zero-order valence-corrected chi connectivity index (χ0v) is 18.8. The van der Waals surface area contributed by atoms with E-state index >= 15 is 0 Å². The summed E-state index contributed by atoms with van der Waals surface area (Å²) in [5, 5.41) is 0. The molecule has 0 aliphatic carbocycles. The minimum atomic E-state index is -0.509. The summed E-state index contributed by atoms with van der Waals surface area (Å²) in [6.07, 6.45) is 0. The van der Waals surface area contributed by atoms with Crippen molar-refractivity contribution in [3.63, 3.8) is 0 Å². The van der Waals surface area contributed by atoms with E-state index in [-0.39, 0.29) is 11.9 Å². The molecule has 1 aliphatic heterocycles. The number of nitrogens with two attached hydrogens (primary N) is 2. The van der Waals surface area contributed by atoms with E-state index in [2.05, 4.69) is 22.0 Å². The first-order valence-electron chi connectivity index (χ1n) is 11.1. The van der Waals surface area contributed by atoms with Gasteiger partial charge in [-0.05, 0) is 54.1 Å². The number of amides is 1. The summed E-state index contributed by atoms with van der Waals surface area (Å²) in [4.78, 5) is 33.4. The van der Waals surface area contributed by atoms with Gasteiger partial charge in [-0.25, -0.2) is 9.79 Å². The second-order valence-electron chi connectivity index (χ2n) is 8.05. The van der Waals surface area contributed by atoms with Crippen LogP contribution in [0, 0.1) is 0 Å². The first kappa shape index (κ1) is 23.0. The molecule has 1 saturated heterocycles. The van der Waals surface area contributed by atoms with Crippen molar-refractivity contribution < 1.29 is 14.3 Å². The Morgan fingerprint density at radius 1 is 0.794 bits per heavy atom. The Morgan fingerprint density at radius 2 is 1.41 bits per heavy atom. The van der Waals surface area contributed by atoms with Crippen LogP contribution in [0.5, 0.6) is 5.75 Å². The van der Waals surface area contributed by atoms with Gasteiger partial charge in [0, 0.05) is 38.3 Å². The molecule has 1 fully saturated rings. The number of ether oxygens (including phenoxy) is 1. The number of nitrogens with zero attached hydrogens (tertiary/aromatic N) is 3. The van der Waals surface area contributed by atoms with Crippen LogP contribution in [0.25, 0.3) is 0 Å². The van der Waals surface area contributed by atoms with Gasteiger partial charge in [0.05, 0.1) is 11.3 Å². The number of carbonyl (C=O) groups is 2. The summed E-state index contributed by atoms with van der Waals surface area (Å²) in [6, 6.07) is 23.4. The number of hydrogen-bond acceptors (Lipinski definition) is 5. The van der Waals surface area contributed by atoms with Gasteiger partial charge in [-0.15, -0.1) is 0 Å². The van der Waals surface area contributed by atoms with E-state index in [1.54, 1.807) is 48.5 Å². The number of benzene rings is 3. The fourth-order valence-corrected chi connectivity index (χ4v) is 3.79. The van der Waals surface area contributed by atoms with E-state index in [0.717, 1.165) is 19.6 Å². The number of carbonyl (C=O) groups excluding carboxylic acids is 2. The molecule has 174 valence electrons. The fraction of sp³-hybridized carbons (Fsp3) is 0.192. The molecular formula is C26H27N5O3. The van der Waals surface area contributed by atoms with Gasteiger partial charge in [-0.3, -0.25) is 9.69 Å². The lowest BCUT2D eigenvalue weighted by Gasteiger charge is -2.34. The Hall–Kier alpha value is -4.17. The Morgan fingerprint density at radius 3 is 2.03 bits per heavy atom. The van der Waals surface area contributed by atoms with Gasteiger partial charge in [0.2, 0.25) is 0 Å². The van der Waals surface area contributed by atoms with Gasteiger partial charge in [-0.1, -0.05) is 30.3 Å². The maximum atomic E-state index is 12.9. The second-order valence-corrected chi connectivity index (χ2v) is 8.05. The summed E-state index contributed by atoms with van der Waals surface area (Å²) >= 11 is 0. The molecule has 3 aromatic carbocycles. The maximum absolute atomic E-state index is 12.9. The number of esters is 1. The van der Waals surface area contributed by atoms with Gasteiger partial charge in [0.1, 0.15) is 5.75 Å². The molecule has 1 aliphatic rings. The van der Waals surface area contributed by atoms with E-state index in [0.29, 0.717) is 35.7 Å². The molecule has 0 aromatic heterocycles. The van der Waals surface area contributed by atoms with E-state index in [1.165, 1.54) is 5.56 Å². The summed E-state index contributed by atoms with van der Waals surface area (Å²) in [5.74, 6) is -0.223. The third-order valence-corrected chi connectivity index (χ3v) is 5.58. The molecule has 4 N–H and O–H groups in total. The SMILES string of the molecule is NC(N)=Nc1ccc(C(=O)Oc2ccc(C(=O)N3CCN(Cc4ccccc4)CC3)cc2)cc1.